The molecule has 2 aromatic carbocycles. The van der Waals surface area contributed by atoms with Crippen molar-refractivity contribution in [3.8, 4) is 11.4 Å². The molecule has 1 amide bonds. The number of carbonyl (C=O) groups is 1. The van der Waals surface area contributed by atoms with Gasteiger partial charge in [-0.1, -0.05) is 35.0 Å². The Labute approximate surface area is 150 Å². The smallest absolute Gasteiger partial charge is 0.273 e. The minimum Gasteiger partial charge on any atom is -0.494 e. The zero-order chi connectivity index (χ0) is 17.6. The number of aromatic nitrogens is 3. The van der Waals surface area contributed by atoms with E-state index in [1.165, 1.54) is 4.68 Å². The van der Waals surface area contributed by atoms with Crippen molar-refractivity contribution >= 4 is 17.5 Å². The summed E-state index contributed by atoms with van der Waals surface area (Å²) in [7, 11) is 0. The molecule has 0 spiro atoms. The number of para-hydroxylation sites is 1. The SMILES string of the molecule is CCOc1ccccc1CNC(=O)c1cn(-c2ccc(Cl)cc2)nn1. The summed E-state index contributed by atoms with van der Waals surface area (Å²) in [5, 5.41) is 11.4. The van der Waals surface area contributed by atoms with Gasteiger partial charge in [-0.3, -0.25) is 4.79 Å². The van der Waals surface area contributed by atoms with E-state index in [2.05, 4.69) is 15.6 Å². The van der Waals surface area contributed by atoms with Crippen LogP contribution in [0.3, 0.4) is 0 Å². The third-order valence-corrected chi connectivity index (χ3v) is 3.78. The summed E-state index contributed by atoms with van der Waals surface area (Å²) in [5.74, 6) is 0.460. The second-order valence-corrected chi connectivity index (χ2v) is 5.68. The maximum absolute atomic E-state index is 12.3. The Kier molecular flexibility index (Phi) is 5.30. The number of benzene rings is 2. The second-order valence-electron chi connectivity index (χ2n) is 5.25. The summed E-state index contributed by atoms with van der Waals surface area (Å²) < 4.78 is 7.08. The molecule has 0 unspecified atom stereocenters. The molecule has 3 aromatic rings. The predicted molar refractivity (Wildman–Crippen MR) is 95.2 cm³/mol. The summed E-state index contributed by atoms with van der Waals surface area (Å²) >= 11 is 5.87. The highest BCUT2D eigenvalue weighted by Gasteiger charge is 2.12. The molecule has 0 aliphatic rings. The summed E-state index contributed by atoms with van der Waals surface area (Å²) in [6.45, 7) is 2.84. The monoisotopic (exact) mass is 356 g/mol. The Bertz CT molecular complexity index is 862. The average molecular weight is 357 g/mol. The predicted octanol–water partition coefficient (Wildman–Crippen LogP) is 3.25. The molecule has 7 heteroatoms. The van der Waals surface area contributed by atoms with Crippen molar-refractivity contribution < 1.29 is 9.53 Å². The van der Waals surface area contributed by atoms with Gasteiger partial charge in [-0.15, -0.1) is 5.10 Å². The largest absolute Gasteiger partial charge is 0.494 e. The lowest BCUT2D eigenvalue weighted by Crippen LogP contribution is -2.23. The van der Waals surface area contributed by atoms with Gasteiger partial charge in [0.1, 0.15) is 5.75 Å². The third kappa shape index (κ3) is 4.16. The van der Waals surface area contributed by atoms with Crippen molar-refractivity contribution in [2.24, 2.45) is 0 Å². The summed E-state index contributed by atoms with van der Waals surface area (Å²) in [6, 6.07) is 14.7. The van der Waals surface area contributed by atoms with E-state index >= 15 is 0 Å². The van der Waals surface area contributed by atoms with E-state index < -0.39 is 0 Å². The van der Waals surface area contributed by atoms with Crippen LogP contribution < -0.4 is 10.1 Å². The quantitative estimate of drug-likeness (QED) is 0.736. The van der Waals surface area contributed by atoms with Crippen molar-refractivity contribution in [1.29, 1.82) is 0 Å². The highest BCUT2D eigenvalue weighted by Crippen LogP contribution is 2.17. The van der Waals surface area contributed by atoms with E-state index in [4.69, 9.17) is 16.3 Å². The molecule has 0 saturated heterocycles. The van der Waals surface area contributed by atoms with Crippen LogP contribution in [0.4, 0.5) is 0 Å². The third-order valence-electron chi connectivity index (χ3n) is 3.53. The van der Waals surface area contributed by atoms with Crippen LogP contribution in [0.25, 0.3) is 5.69 Å². The zero-order valence-electron chi connectivity index (χ0n) is 13.6. The van der Waals surface area contributed by atoms with Crippen molar-refractivity contribution in [3.63, 3.8) is 0 Å². The van der Waals surface area contributed by atoms with E-state index in [9.17, 15) is 4.79 Å². The molecule has 0 aliphatic heterocycles. The van der Waals surface area contributed by atoms with Gasteiger partial charge in [0.25, 0.3) is 5.91 Å². The molecule has 0 aliphatic carbocycles. The highest BCUT2D eigenvalue weighted by molar-refractivity contribution is 6.30. The van der Waals surface area contributed by atoms with Crippen molar-refractivity contribution in [2.45, 2.75) is 13.5 Å². The topological polar surface area (TPSA) is 69.0 Å². The molecule has 0 atom stereocenters. The molecule has 0 saturated carbocycles. The van der Waals surface area contributed by atoms with Gasteiger partial charge in [0.15, 0.2) is 5.69 Å². The van der Waals surface area contributed by atoms with Gasteiger partial charge in [-0.25, -0.2) is 4.68 Å². The lowest BCUT2D eigenvalue weighted by Gasteiger charge is -2.10. The van der Waals surface area contributed by atoms with Gasteiger partial charge in [-0.05, 0) is 37.3 Å². The molecule has 3 rings (SSSR count). The van der Waals surface area contributed by atoms with E-state index in [0.29, 0.717) is 18.2 Å². The van der Waals surface area contributed by atoms with Crippen LogP contribution in [-0.4, -0.2) is 27.5 Å². The minimum atomic E-state index is -0.300. The first-order valence-corrected chi connectivity index (χ1v) is 8.22. The van der Waals surface area contributed by atoms with Gasteiger partial charge < -0.3 is 10.1 Å². The number of amides is 1. The fourth-order valence-electron chi connectivity index (χ4n) is 2.30. The summed E-state index contributed by atoms with van der Waals surface area (Å²) in [4.78, 5) is 12.3. The Morgan fingerprint density at radius 2 is 1.96 bits per heavy atom. The van der Waals surface area contributed by atoms with E-state index in [1.54, 1.807) is 30.5 Å². The maximum atomic E-state index is 12.3. The van der Waals surface area contributed by atoms with Crippen molar-refractivity contribution in [2.75, 3.05) is 6.61 Å². The Balaban J connectivity index is 1.67. The second kappa shape index (κ2) is 7.81. The molecule has 0 bridgehead atoms. The van der Waals surface area contributed by atoms with Crippen molar-refractivity contribution in [3.05, 3.63) is 71.0 Å². The fourth-order valence-corrected chi connectivity index (χ4v) is 2.43. The average Bonchev–Trinajstić information content (AvgIpc) is 3.12. The number of hydrogen-bond acceptors (Lipinski definition) is 4. The number of carbonyl (C=O) groups excluding carboxylic acids is 1. The first kappa shape index (κ1) is 17.0. The molecular weight excluding hydrogens is 340 g/mol. The highest BCUT2D eigenvalue weighted by atomic mass is 35.5. The lowest BCUT2D eigenvalue weighted by molar-refractivity contribution is 0.0945. The van der Waals surface area contributed by atoms with Gasteiger partial charge in [0.2, 0.25) is 0 Å². The van der Waals surface area contributed by atoms with Crippen LogP contribution in [0.2, 0.25) is 5.02 Å². The van der Waals surface area contributed by atoms with Gasteiger partial charge in [0, 0.05) is 17.1 Å². The summed E-state index contributed by atoms with van der Waals surface area (Å²) in [5.41, 5.74) is 1.92. The maximum Gasteiger partial charge on any atom is 0.273 e. The normalized spacial score (nSPS) is 10.5. The molecule has 1 heterocycles. The standard InChI is InChI=1S/C18H17ClN4O2/c1-2-25-17-6-4-3-5-13(17)11-20-18(24)16-12-23(22-21-16)15-9-7-14(19)8-10-15/h3-10,12H,2,11H2,1H3,(H,20,24). The van der Waals surface area contributed by atoms with Crippen LogP contribution >= 0.6 is 11.6 Å². The number of rotatable bonds is 6. The van der Waals surface area contributed by atoms with Crippen LogP contribution in [0, 0.1) is 0 Å². The van der Waals surface area contributed by atoms with E-state index in [0.717, 1.165) is 17.0 Å². The van der Waals surface area contributed by atoms with Crippen LogP contribution in [0.5, 0.6) is 5.75 Å². The first-order valence-electron chi connectivity index (χ1n) is 7.84. The number of hydrogen-bond donors (Lipinski definition) is 1. The molecule has 0 radical (unpaired) electrons. The fraction of sp³-hybridized carbons (Fsp3) is 0.167. The molecule has 1 N–H and O–H groups in total. The Morgan fingerprint density at radius 3 is 2.72 bits per heavy atom. The lowest BCUT2D eigenvalue weighted by atomic mass is 10.2. The van der Waals surface area contributed by atoms with E-state index in [1.807, 2.05) is 31.2 Å². The van der Waals surface area contributed by atoms with Gasteiger partial charge in [0.05, 0.1) is 18.5 Å². The molecule has 1 aromatic heterocycles. The Morgan fingerprint density at radius 1 is 1.20 bits per heavy atom. The minimum absolute atomic E-state index is 0.240. The Hall–Kier alpha value is -2.86. The first-order chi connectivity index (χ1) is 12.2. The molecule has 25 heavy (non-hydrogen) atoms. The summed E-state index contributed by atoms with van der Waals surface area (Å²) in [6.07, 6.45) is 1.58. The van der Waals surface area contributed by atoms with Gasteiger partial charge >= 0.3 is 0 Å². The molecule has 6 nitrogen and oxygen atoms in total. The van der Waals surface area contributed by atoms with Crippen molar-refractivity contribution in [1.82, 2.24) is 20.3 Å². The van der Waals surface area contributed by atoms with E-state index in [-0.39, 0.29) is 11.6 Å². The number of nitrogens with zero attached hydrogens (tertiary/aromatic N) is 3. The van der Waals surface area contributed by atoms with Crippen LogP contribution in [-0.2, 0) is 6.54 Å². The molecular formula is C18H17ClN4O2. The zero-order valence-corrected chi connectivity index (χ0v) is 14.4. The molecule has 0 fully saturated rings. The van der Waals surface area contributed by atoms with Crippen LogP contribution in [0.1, 0.15) is 23.0 Å². The number of ether oxygens (including phenoxy) is 1. The number of halogens is 1. The molecule has 128 valence electrons. The van der Waals surface area contributed by atoms with Gasteiger partial charge in [-0.2, -0.15) is 0 Å². The number of nitrogens with one attached hydrogen (secondary N) is 1. The van der Waals surface area contributed by atoms with Crippen LogP contribution in [0.15, 0.2) is 54.7 Å².